The Morgan fingerprint density at radius 3 is 2.27 bits per heavy atom. The first-order valence-electron chi connectivity index (χ1n) is 9.45. The van der Waals surface area contributed by atoms with Crippen LogP contribution in [0.4, 0.5) is 0 Å². The number of fused-ring (bicyclic) bond motifs is 1. The van der Waals surface area contributed by atoms with E-state index in [1.165, 1.54) is 4.90 Å². The lowest BCUT2D eigenvalue weighted by Crippen LogP contribution is -3.11. The fraction of sp³-hybridized carbons (Fsp3) is 0.579. The molecule has 0 amide bonds. The summed E-state index contributed by atoms with van der Waals surface area (Å²) in [4.78, 5) is 17.7. The number of quaternary nitrogens is 1. The van der Waals surface area contributed by atoms with Gasteiger partial charge in [-0.3, -0.25) is 9.36 Å². The first-order valence-corrected chi connectivity index (χ1v) is 9.86. The molecule has 0 radical (unpaired) electrons. The first kappa shape index (κ1) is 20.5. The highest BCUT2D eigenvalue weighted by atomic mass is 32.1. The normalized spacial score (nSPS) is 11.3. The molecule has 0 saturated heterocycles. The van der Waals surface area contributed by atoms with Gasteiger partial charge in [0.2, 0.25) is 0 Å². The molecule has 0 aliphatic carbocycles. The van der Waals surface area contributed by atoms with Crippen LogP contribution in [-0.2, 0) is 6.54 Å². The van der Waals surface area contributed by atoms with Gasteiger partial charge in [-0.05, 0) is 46.0 Å². The molecule has 0 aliphatic rings. The van der Waals surface area contributed by atoms with Crippen molar-refractivity contribution in [3.05, 3.63) is 27.3 Å². The van der Waals surface area contributed by atoms with Crippen molar-refractivity contribution in [1.82, 2.24) is 9.55 Å². The number of nitrogens with one attached hydrogen (secondary N) is 2. The predicted octanol–water partition coefficient (Wildman–Crippen LogP) is 2.17. The van der Waals surface area contributed by atoms with Crippen molar-refractivity contribution in [3.63, 3.8) is 0 Å². The molecule has 0 saturated carbocycles. The van der Waals surface area contributed by atoms with Gasteiger partial charge < -0.3 is 19.4 Å². The minimum atomic E-state index is -0.0812. The topological polar surface area (TPSA) is 60.7 Å². The standard InChI is InChI=1S/C19H29N3O3S/c1-5-21(6-2)10-9-11-22-18(23)14-12-16(24-7-3)17(25-8-4)13-15(14)20-19(22)26/h12-13H,5-11H2,1-4H3,(H,20,26)/p+1. The van der Waals surface area contributed by atoms with Crippen LogP contribution in [0.15, 0.2) is 16.9 Å². The fourth-order valence-electron chi connectivity index (χ4n) is 3.09. The van der Waals surface area contributed by atoms with E-state index >= 15 is 0 Å². The summed E-state index contributed by atoms with van der Waals surface area (Å²) >= 11 is 5.42. The second kappa shape index (κ2) is 9.73. The van der Waals surface area contributed by atoms with Gasteiger partial charge in [0.1, 0.15) is 0 Å². The van der Waals surface area contributed by atoms with E-state index in [-0.39, 0.29) is 5.56 Å². The average molecular weight is 381 g/mol. The van der Waals surface area contributed by atoms with Gasteiger partial charge in [-0.1, -0.05) is 0 Å². The molecule has 1 aromatic heterocycles. The summed E-state index contributed by atoms with van der Waals surface area (Å²) in [5.74, 6) is 1.21. The van der Waals surface area contributed by atoms with Crippen molar-refractivity contribution in [2.45, 2.75) is 40.7 Å². The summed E-state index contributed by atoms with van der Waals surface area (Å²) in [6.07, 6.45) is 0.912. The van der Waals surface area contributed by atoms with Crippen molar-refractivity contribution in [2.24, 2.45) is 0 Å². The van der Waals surface area contributed by atoms with Crippen LogP contribution in [0.1, 0.15) is 34.1 Å². The maximum atomic E-state index is 13.0. The van der Waals surface area contributed by atoms with E-state index in [0.717, 1.165) is 26.1 Å². The number of nitrogens with zero attached hydrogens (tertiary/aromatic N) is 1. The van der Waals surface area contributed by atoms with E-state index in [1.807, 2.05) is 13.8 Å². The molecule has 7 heteroatoms. The fourth-order valence-corrected chi connectivity index (χ4v) is 3.38. The van der Waals surface area contributed by atoms with Crippen molar-refractivity contribution in [3.8, 4) is 11.5 Å². The van der Waals surface area contributed by atoms with E-state index < -0.39 is 0 Å². The van der Waals surface area contributed by atoms with Crippen LogP contribution < -0.4 is 19.9 Å². The Morgan fingerprint density at radius 1 is 1.08 bits per heavy atom. The molecule has 0 spiro atoms. The van der Waals surface area contributed by atoms with Crippen LogP contribution in [-0.4, -0.2) is 42.4 Å². The molecular formula is C19H30N3O3S+. The molecule has 6 nitrogen and oxygen atoms in total. The predicted molar refractivity (Wildman–Crippen MR) is 107 cm³/mol. The van der Waals surface area contributed by atoms with E-state index in [4.69, 9.17) is 21.7 Å². The molecule has 0 atom stereocenters. The van der Waals surface area contributed by atoms with Gasteiger partial charge in [0, 0.05) is 19.0 Å². The van der Waals surface area contributed by atoms with Gasteiger partial charge in [0.05, 0.1) is 43.8 Å². The van der Waals surface area contributed by atoms with Gasteiger partial charge >= 0.3 is 0 Å². The van der Waals surface area contributed by atoms with Crippen LogP contribution in [0, 0.1) is 4.77 Å². The molecule has 1 aromatic carbocycles. The van der Waals surface area contributed by atoms with Crippen LogP contribution in [0.2, 0.25) is 0 Å². The summed E-state index contributed by atoms with van der Waals surface area (Å²) < 4.78 is 13.4. The van der Waals surface area contributed by atoms with E-state index in [0.29, 0.717) is 46.9 Å². The summed E-state index contributed by atoms with van der Waals surface area (Å²) in [5.41, 5.74) is 0.597. The third-order valence-corrected chi connectivity index (χ3v) is 4.88. The number of aromatic amines is 1. The molecule has 1 heterocycles. The number of aromatic nitrogens is 2. The Balaban J connectivity index is 2.39. The molecule has 0 bridgehead atoms. The van der Waals surface area contributed by atoms with E-state index in [2.05, 4.69) is 18.8 Å². The van der Waals surface area contributed by atoms with Gasteiger partial charge in [0.25, 0.3) is 5.56 Å². The van der Waals surface area contributed by atoms with Crippen molar-refractivity contribution in [2.75, 3.05) is 32.8 Å². The number of benzene rings is 1. The Hall–Kier alpha value is -1.86. The first-order chi connectivity index (χ1) is 12.5. The third kappa shape index (κ3) is 4.65. The van der Waals surface area contributed by atoms with Crippen LogP contribution in [0.25, 0.3) is 10.9 Å². The molecular weight excluding hydrogens is 350 g/mol. The SMILES string of the molecule is CCOc1cc2[nH]c(=S)n(CCC[NH+](CC)CC)c(=O)c2cc1OCC. The number of rotatable bonds is 10. The minimum absolute atomic E-state index is 0.0812. The number of hydrogen-bond acceptors (Lipinski definition) is 4. The number of hydrogen-bond donors (Lipinski definition) is 2. The Kier molecular flexibility index (Phi) is 7.66. The molecule has 144 valence electrons. The highest BCUT2D eigenvalue weighted by Crippen LogP contribution is 2.30. The average Bonchev–Trinajstić information content (AvgIpc) is 2.63. The smallest absolute Gasteiger partial charge is 0.262 e. The summed E-state index contributed by atoms with van der Waals surface area (Å²) in [6.45, 7) is 13.0. The molecule has 2 aromatic rings. The quantitative estimate of drug-likeness (QED) is 0.620. The maximum absolute atomic E-state index is 13.0. The number of ether oxygens (including phenoxy) is 2. The Labute approximate surface area is 159 Å². The minimum Gasteiger partial charge on any atom is -0.490 e. The summed E-state index contributed by atoms with van der Waals surface area (Å²) in [5, 5.41) is 0.570. The van der Waals surface area contributed by atoms with E-state index in [1.54, 1.807) is 16.7 Å². The van der Waals surface area contributed by atoms with Crippen LogP contribution >= 0.6 is 12.2 Å². The second-order valence-electron chi connectivity index (χ2n) is 6.16. The highest BCUT2D eigenvalue weighted by molar-refractivity contribution is 7.71. The molecule has 0 unspecified atom stereocenters. The molecule has 0 fully saturated rings. The maximum Gasteiger partial charge on any atom is 0.262 e. The Morgan fingerprint density at radius 2 is 1.69 bits per heavy atom. The van der Waals surface area contributed by atoms with Gasteiger partial charge in [-0.2, -0.15) is 0 Å². The second-order valence-corrected chi connectivity index (χ2v) is 6.54. The molecule has 26 heavy (non-hydrogen) atoms. The largest absolute Gasteiger partial charge is 0.490 e. The summed E-state index contributed by atoms with van der Waals surface area (Å²) in [7, 11) is 0. The third-order valence-electron chi connectivity index (χ3n) is 4.56. The Bertz CT molecular complexity index is 840. The molecule has 2 N–H and O–H groups in total. The lowest BCUT2D eigenvalue weighted by atomic mass is 10.2. The van der Waals surface area contributed by atoms with Crippen molar-refractivity contribution in [1.29, 1.82) is 0 Å². The highest BCUT2D eigenvalue weighted by Gasteiger charge is 2.13. The molecule has 0 aliphatic heterocycles. The zero-order valence-corrected chi connectivity index (χ0v) is 17.0. The van der Waals surface area contributed by atoms with E-state index in [9.17, 15) is 4.79 Å². The van der Waals surface area contributed by atoms with Crippen molar-refractivity contribution < 1.29 is 14.4 Å². The van der Waals surface area contributed by atoms with Gasteiger partial charge in [-0.25, -0.2) is 0 Å². The van der Waals surface area contributed by atoms with Crippen molar-refractivity contribution >= 4 is 23.1 Å². The number of H-pyrrole nitrogens is 1. The van der Waals surface area contributed by atoms with Gasteiger partial charge in [0.15, 0.2) is 16.3 Å². The monoisotopic (exact) mass is 380 g/mol. The van der Waals surface area contributed by atoms with Crippen LogP contribution in [0.3, 0.4) is 0 Å². The lowest BCUT2D eigenvalue weighted by molar-refractivity contribution is -0.896. The zero-order valence-electron chi connectivity index (χ0n) is 16.2. The van der Waals surface area contributed by atoms with Gasteiger partial charge in [-0.15, -0.1) is 0 Å². The summed E-state index contributed by atoms with van der Waals surface area (Å²) in [6, 6.07) is 3.55. The lowest BCUT2D eigenvalue weighted by Gasteiger charge is -2.16. The van der Waals surface area contributed by atoms with Crippen LogP contribution in [0.5, 0.6) is 11.5 Å². The molecule has 2 rings (SSSR count). The zero-order chi connectivity index (χ0) is 19.1.